The number of methoxy groups -OCH3 is 1. The van der Waals surface area contributed by atoms with Gasteiger partial charge in [-0.1, -0.05) is 0 Å². The monoisotopic (exact) mass is 344 g/mol. The van der Waals surface area contributed by atoms with Gasteiger partial charge in [-0.05, 0) is 36.4 Å². The fourth-order valence-electron chi connectivity index (χ4n) is 2.07. The Balaban J connectivity index is 2.63. The number of carboxylic acids is 1. The standard InChI is InChI=1S/C16H12F4O4/c1-23-13-5-3-10(17)7-12(13)11-6-9(16(18,19)20)2-4-14(11)24-8-15(21)22/h2-7H,8H2,1H3,(H,21,22). The van der Waals surface area contributed by atoms with Crippen LogP contribution in [0.4, 0.5) is 17.6 Å². The fraction of sp³-hybridized carbons (Fsp3) is 0.188. The van der Waals surface area contributed by atoms with E-state index in [0.29, 0.717) is 0 Å². The predicted octanol–water partition coefficient (Wildman–Crippen LogP) is 3.98. The molecule has 0 aliphatic carbocycles. The normalized spacial score (nSPS) is 11.2. The van der Waals surface area contributed by atoms with E-state index in [4.69, 9.17) is 14.6 Å². The van der Waals surface area contributed by atoms with Crippen molar-refractivity contribution in [2.45, 2.75) is 6.18 Å². The lowest BCUT2D eigenvalue weighted by atomic mass is 10.0. The molecule has 2 rings (SSSR count). The molecule has 0 amide bonds. The zero-order chi connectivity index (χ0) is 17.9. The summed E-state index contributed by atoms with van der Waals surface area (Å²) in [7, 11) is 1.28. The molecule has 128 valence electrons. The second-order valence-corrected chi connectivity index (χ2v) is 4.74. The van der Waals surface area contributed by atoms with Crippen LogP contribution < -0.4 is 9.47 Å². The average Bonchev–Trinajstić information content (AvgIpc) is 2.51. The highest BCUT2D eigenvalue weighted by Crippen LogP contribution is 2.40. The Labute approximate surface area is 134 Å². The van der Waals surface area contributed by atoms with Gasteiger partial charge in [0.05, 0.1) is 12.7 Å². The third kappa shape index (κ3) is 3.95. The number of carbonyl (C=O) groups is 1. The maximum atomic E-state index is 13.5. The molecule has 0 aliphatic rings. The zero-order valence-electron chi connectivity index (χ0n) is 12.4. The van der Waals surface area contributed by atoms with Crippen LogP contribution in [0.5, 0.6) is 11.5 Å². The van der Waals surface area contributed by atoms with Crippen molar-refractivity contribution < 1.29 is 36.9 Å². The van der Waals surface area contributed by atoms with Crippen molar-refractivity contribution in [1.29, 1.82) is 0 Å². The van der Waals surface area contributed by atoms with Crippen molar-refractivity contribution >= 4 is 5.97 Å². The summed E-state index contributed by atoms with van der Waals surface area (Å²) in [4.78, 5) is 10.6. The van der Waals surface area contributed by atoms with Crippen molar-refractivity contribution in [3.63, 3.8) is 0 Å². The molecular formula is C16H12F4O4. The first-order valence-corrected chi connectivity index (χ1v) is 6.62. The Bertz CT molecular complexity index is 756. The van der Waals surface area contributed by atoms with E-state index in [1.807, 2.05) is 0 Å². The van der Waals surface area contributed by atoms with Gasteiger partial charge in [0.2, 0.25) is 0 Å². The van der Waals surface area contributed by atoms with Gasteiger partial charge in [-0.15, -0.1) is 0 Å². The summed E-state index contributed by atoms with van der Waals surface area (Å²) >= 11 is 0. The van der Waals surface area contributed by atoms with Gasteiger partial charge in [0.1, 0.15) is 17.3 Å². The Morgan fingerprint density at radius 3 is 2.29 bits per heavy atom. The van der Waals surface area contributed by atoms with Crippen LogP contribution in [0.25, 0.3) is 11.1 Å². The van der Waals surface area contributed by atoms with E-state index >= 15 is 0 Å². The summed E-state index contributed by atoms with van der Waals surface area (Å²) in [6, 6.07) is 5.84. The number of hydrogen-bond donors (Lipinski definition) is 1. The summed E-state index contributed by atoms with van der Waals surface area (Å²) in [5.41, 5.74) is -1.09. The molecular weight excluding hydrogens is 332 g/mol. The van der Waals surface area contributed by atoms with Crippen LogP contribution in [0, 0.1) is 5.82 Å². The van der Waals surface area contributed by atoms with E-state index in [2.05, 4.69) is 0 Å². The molecule has 0 aliphatic heterocycles. The van der Waals surface area contributed by atoms with E-state index in [0.717, 1.165) is 30.3 Å². The predicted molar refractivity (Wildman–Crippen MR) is 76.5 cm³/mol. The van der Waals surface area contributed by atoms with E-state index in [1.165, 1.54) is 13.2 Å². The summed E-state index contributed by atoms with van der Waals surface area (Å²) in [5.74, 6) is -2.00. The van der Waals surface area contributed by atoms with Crippen LogP contribution in [0.1, 0.15) is 5.56 Å². The second-order valence-electron chi connectivity index (χ2n) is 4.74. The molecule has 8 heteroatoms. The van der Waals surface area contributed by atoms with Crippen LogP contribution in [-0.2, 0) is 11.0 Å². The summed E-state index contributed by atoms with van der Waals surface area (Å²) < 4.78 is 62.4. The molecule has 0 atom stereocenters. The van der Waals surface area contributed by atoms with E-state index in [-0.39, 0.29) is 22.6 Å². The number of ether oxygens (including phenoxy) is 2. The quantitative estimate of drug-likeness (QED) is 0.834. The Morgan fingerprint density at radius 2 is 1.71 bits per heavy atom. The van der Waals surface area contributed by atoms with Crippen LogP contribution in [0.15, 0.2) is 36.4 Å². The van der Waals surface area contributed by atoms with Gasteiger partial charge < -0.3 is 14.6 Å². The van der Waals surface area contributed by atoms with Crippen LogP contribution in [0.2, 0.25) is 0 Å². The topological polar surface area (TPSA) is 55.8 Å². The molecule has 0 aromatic heterocycles. The van der Waals surface area contributed by atoms with Gasteiger partial charge in [0.25, 0.3) is 0 Å². The highest BCUT2D eigenvalue weighted by molar-refractivity contribution is 5.77. The van der Waals surface area contributed by atoms with Crippen molar-refractivity contribution in [2.75, 3.05) is 13.7 Å². The minimum atomic E-state index is -4.62. The molecule has 1 N–H and O–H groups in total. The highest BCUT2D eigenvalue weighted by atomic mass is 19.4. The maximum Gasteiger partial charge on any atom is 0.416 e. The summed E-state index contributed by atoms with van der Waals surface area (Å²) in [6.45, 7) is -0.754. The average molecular weight is 344 g/mol. The minimum Gasteiger partial charge on any atom is -0.496 e. The Kier molecular flexibility index (Phi) is 4.96. The van der Waals surface area contributed by atoms with Gasteiger partial charge >= 0.3 is 12.1 Å². The summed E-state index contributed by atoms with van der Waals surface area (Å²) in [6.07, 6.45) is -4.62. The van der Waals surface area contributed by atoms with Crippen molar-refractivity contribution in [3.05, 3.63) is 47.8 Å². The number of halogens is 4. The Hall–Kier alpha value is -2.77. The molecule has 0 spiro atoms. The first-order chi connectivity index (χ1) is 11.2. The number of hydrogen-bond acceptors (Lipinski definition) is 3. The van der Waals surface area contributed by atoms with Crippen LogP contribution in [0.3, 0.4) is 0 Å². The molecule has 24 heavy (non-hydrogen) atoms. The lowest BCUT2D eigenvalue weighted by Crippen LogP contribution is -2.11. The van der Waals surface area contributed by atoms with Gasteiger partial charge in [-0.25, -0.2) is 9.18 Å². The molecule has 0 saturated heterocycles. The molecule has 4 nitrogen and oxygen atoms in total. The first-order valence-electron chi connectivity index (χ1n) is 6.62. The molecule has 0 saturated carbocycles. The molecule has 2 aromatic carbocycles. The summed E-state index contributed by atoms with van der Waals surface area (Å²) in [5, 5.41) is 8.68. The van der Waals surface area contributed by atoms with Gasteiger partial charge in [-0.3, -0.25) is 0 Å². The zero-order valence-corrected chi connectivity index (χ0v) is 12.4. The van der Waals surface area contributed by atoms with Crippen molar-refractivity contribution in [1.82, 2.24) is 0 Å². The van der Waals surface area contributed by atoms with Gasteiger partial charge in [0.15, 0.2) is 6.61 Å². The lowest BCUT2D eigenvalue weighted by molar-refractivity contribution is -0.140. The Morgan fingerprint density at radius 1 is 1.08 bits per heavy atom. The maximum absolute atomic E-state index is 13.5. The largest absolute Gasteiger partial charge is 0.496 e. The molecule has 0 fully saturated rings. The van der Waals surface area contributed by atoms with Crippen LogP contribution >= 0.6 is 0 Å². The number of rotatable bonds is 5. The number of carboxylic acid groups (broad SMARTS) is 1. The third-order valence-electron chi connectivity index (χ3n) is 3.11. The molecule has 0 bridgehead atoms. The second kappa shape index (κ2) is 6.77. The van der Waals surface area contributed by atoms with Crippen molar-refractivity contribution in [3.8, 4) is 22.6 Å². The van der Waals surface area contributed by atoms with Crippen LogP contribution in [-0.4, -0.2) is 24.8 Å². The van der Waals surface area contributed by atoms with E-state index in [9.17, 15) is 22.4 Å². The minimum absolute atomic E-state index is 0.0176. The van der Waals surface area contributed by atoms with E-state index in [1.54, 1.807) is 0 Å². The molecule has 0 unspecified atom stereocenters. The van der Waals surface area contributed by atoms with Gasteiger partial charge in [0, 0.05) is 11.1 Å². The number of aliphatic carboxylic acids is 1. The smallest absolute Gasteiger partial charge is 0.416 e. The lowest BCUT2D eigenvalue weighted by Gasteiger charge is -2.16. The first kappa shape index (κ1) is 17.6. The number of benzene rings is 2. The third-order valence-corrected chi connectivity index (χ3v) is 3.11. The SMILES string of the molecule is COc1ccc(F)cc1-c1cc(C(F)(F)F)ccc1OCC(=O)O. The van der Waals surface area contributed by atoms with Gasteiger partial charge in [-0.2, -0.15) is 13.2 Å². The number of alkyl halides is 3. The fourth-order valence-corrected chi connectivity index (χ4v) is 2.07. The highest BCUT2D eigenvalue weighted by Gasteiger charge is 2.31. The van der Waals surface area contributed by atoms with E-state index < -0.39 is 30.1 Å². The molecule has 0 radical (unpaired) electrons. The molecule has 0 heterocycles. The van der Waals surface area contributed by atoms with Crippen molar-refractivity contribution in [2.24, 2.45) is 0 Å². The molecule has 2 aromatic rings.